The molecule has 0 aliphatic carbocycles. The van der Waals surface area contributed by atoms with Gasteiger partial charge in [-0.05, 0) is 13.3 Å². The van der Waals surface area contributed by atoms with Crippen molar-refractivity contribution < 1.29 is 23.2 Å². The molecule has 8 nitrogen and oxygen atoms in total. The summed E-state index contributed by atoms with van der Waals surface area (Å²) < 4.78 is 24.3. The molecule has 20 heavy (non-hydrogen) atoms. The predicted octanol–water partition coefficient (Wildman–Crippen LogP) is 0.974. The van der Waals surface area contributed by atoms with Crippen LogP contribution >= 0.6 is 0 Å². The van der Waals surface area contributed by atoms with Crippen molar-refractivity contribution in [3.63, 3.8) is 0 Å². The summed E-state index contributed by atoms with van der Waals surface area (Å²) in [5.74, 6) is 0. The lowest BCUT2D eigenvalue weighted by molar-refractivity contribution is -0.125. The third kappa shape index (κ3) is 2.73. The van der Waals surface area contributed by atoms with Crippen molar-refractivity contribution in [1.29, 1.82) is 0 Å². The van der Waals surface area contributed by atoms with E-state index in [-0.39, 0.29) is 18.2 Å². The number of sulfone groups is 1. The van der Waals surface area contributed by atoms with Gasteiger partial charge >= 0.3 is 6.16 Å². The molecule has 0 aromatic carbocycles. The summed E-state index contributed by atoms with van der Waals surface area (Å²) in [4.78, 5) is 22.9. The van der Waals surface area contributed by atoms with Gasteiger partial charge in [0, 0.05) is 11.8 Å². The Bertz CT molecular complexity index is 631. The highest BCUT2D eigenvalue weighted by Gasteiger charge is 2.29. The molecule has 0 bridgehead atoms. The van der Waals surface area contributed by atoms with Gasteiger partial charge in [0.25, 0.3) is 0 Å². The second-order valence-corrected chi connectivity index (χ2v) is 6.80. The molecular weight excluding hydrogens is 286 g/mol. The van der Waals surface area contributed by atoms with Crippen LogP contribution < -0.4 is 0 Å². The lowest BCUT2D eigenvalue weighted by Gasteiger charge is -2.10. The maximum absolute atomic E-state index is 12.2. The van der Waals surface area contributed by atoms with Gasteiger partial charge in [-0.15, -0.1) is 5.06 Å². The maximum Gasteiger partial charge on any atom is 0.525 e. The number of hydroxylamine groups is 2. The standard InChI is InChI=1S/C11H15N3O5S/c1-3-7(2)20(17,18)10-12-4-8-5-14(19-11(15)16)6-9(8)13-10/h4,7H,3,5-6H2,1-2H3,(H,15,16). The topological polar surface area (TPSA) is 110 Å². The minimum Gasteiger partial charge on any atom is -0.448 e. The lowest BCUT2D eigenvalue weighted by Crippen LogP contribution is -2.21. The first-order chi connectivity index (χ1) is 9.34. The van der Waals surface area contributed by atoms with E-state index in [2.05, 4.69) is 14.8 Å². The molecule has 1 atom stereocenters. The number of nitrogens with zero attached hydrogens (tertiary/aromatic N) is 3. The molecule has 0 spiro atoms. The van der Waals surface area contributed by atoms with Crippen LogP contribution in [0.25, 0.3) is 0 Å². The molecule has 1 aromatic rings. The Morgan fingerprint density at radius 2 is 2.25 bits per heavy atom. The SMILES string of the molecule is CCC(C)S(=O)(=O)c1ncc2c(n1)CN(OC(=O)O)C2. The second-order valence-electron chi connectivity index (χ2n) is 4.54. The Labute approximate surface area is 116 Å². The molecule has 2 heterocycles. The average Bonchev–Trinajstić information content (AvgIpc) is 2.77. The van der Waals surface area contributed by atoms with E-state index in [0.717, 1.165) is 0 Å². The van der Waals surface area contributed by atoms with Crippen LogP contribution in [0, 0.1) is 0 Å². The fraction of sp³-hybridized carbons (Fsp3) is 0.545. The van der Waals surface area contributed by atoms with E-state index in [9.17, 15) is 13.2 Å². The van der Waals surface area contributed by atoms with Gasteiger partial charge in [-0.1, -0.05) is 6.92 Å². The zero-order valence-corrected chi connectivity index (χ0v) is 11.9. The van der Waals surface area contributed by atoms with Crippen molar-refractivity contribution in [2.75, 3.05) is 0 Å². The van der Waals surface area contributed by atoms with E-state index in [1.165, 1.54) is 11.3 Å². The van der Waals surface area contributed by atoms with Crippen LogP contribution in [0.4, 0.5) is 4.79 Å². The largest absolute Gasteiger partial charge is 0.525 e. The minimum atomic E-state index is -3.55. The van der Waals surface area contributed by atoms with Crippen LogP contribution in [0.15, 0.2) is 11.4 Å². The normalized spacial score (nSPS) is 16.7. The Morgan fingerprint density at radius 3 is 2.85 bits per heavy atom. The van der Waals surface area contributed by atoms with Crippen molar-refractivity contribution in [3.05, 3.63) is 17.5 Å². The highest BCUT2D eigenvalue weighted by atomic mass is 32.2. The lowest BCUT2D eigenvalue weighted by atomic mass is 10.3. The minimum absolute atomic E-state index is 0.118. The number of carboxylic acid groups (broad SMARTS) is 1. The molecule has 0 radical (unpaired) electrons. The van der Waals surface area contributed by atoms with E-state index >= 15 is 0 Å². The summed E-state index contributed by atoms with van der Waals surface area (Å²) in [6, 6.07) is 0. The highest BCUT2D eigenvalue weighted by Crippen LogP contribution is 2.23. The van der Waals surface area contributed by atoms with Crippen molar-refractivity contribution in [1.82, 2.24) is 15.0 Å². The monoisotopic (exact) mass is 301 g/mol. The summed E-state index contributed by atoms with van der Waals surface area (Å²) in [6.07, 6.45) is 0.457. The number of fused-ring (bicyclic) bond motifs is 1. The van der Waals surface area contributed by atoms with Crippen molar-refractivity contribution in [2.45, 2.75) is 43.8 Å². The van der Waals surface area contributed by atoms with Gasteiger partial charge in [-0.25, -0.2) is 23.2 Å². The summed E-state index contributed by atoms with van der Waals surface area (Å²) in [5, 5.41) is 8.95. The Hall–Kier alpha value is -1.74. The molecule has 0 fully saturated rings. The average molecular weight is 301 g/mol. The number of hydrogen-bond donors (Lipinski definition) is 1. The molecule has 110 valence electrons. The third-order valence-electron chi connectivity index (χ3n) is 3.17. The van der Waals surface area contributed by atoms with Crippen LogP contribution in [0.5, 0.6) is 0 Å². The first-order valence-electron chi connectivity index (χ1n) is 6.09. The van der Waals surface area contributed by atoms with E-state index in [4.69, 9.17) is 5.11 Å². The molecule has 9 heteroatoms. The smallest absolute Gasteiger partial charge is 0.448 e. The Balaban J connectivity index is 2.26. The van der Waals surface area contributed by atoms with Crippen molar-refractivity contribution in [2.24, 2.45) is 0 Å². The molecular formula is C11H15N3O5S. The Morgan fingerprint density at radius 1 is 1.55 bits per heavy atom. The maximum atomic E-state index is 12.2. The van der Waals surface area contributed by atoms with Gasteiger partial charge in [0.2, 0.25) is 15.0 Å². The van der Waals surface area contributed by atoms with Gasteiger partial charge < -0.3 is 9.94 Å². The van der Waals surface area contributed by atoms with E-state index < -0.39 is 21.2 Å². The number of hydrogen-bond acceptors (Lipinski definition) is 7. The number of carbonyl (C=O) groups is 1. The second kappa shape index (κ2) is 5.33. The quantitative estimate of drug-likeness (QED) is 0.819. The molecule has 1 aliphatic rings. The van der Waals surface area contributed by atoms with Crippen LogP contribution in [0.3, 0.4) is 0 Å². The van der Waals surface area contributed by atoms with Crippen LogP contribution in [0.2, 0.25) is 0 Å². The third-order valence-corrected chi connectivity index (χ3v) is 5.27. The first-order valence-corrected chi connectivity index (χ1v) is 7.63. The molecule has 0 saturated heterocycles. The van der Waals surface area contributed by atoms with Crippen LogP contribution in [0.1, 0.15) is 31.5 Å². The zero-order chi connectivity index (χ0) is 14.9. The van der Waals surface area contributed by atoms with Crippen molar-refractivity contribution >= 4 is 16.0 Å². The fourth-order valence-electron chi connectivity index (χ4n) is 1.82. The van der Waals surface area contributed by atoms with E-state index in [1.54, 1.807) is 13.8 Å². The summed E-state index contributed by atoms with van der Waals surface area (Å²) >= 11 is 0. The van der Waals surface area contributed by atoms with Crippen LogP contribution in [-0.2, 0) is 27.8 Å². The van der Waals surface area contributed by atoms with Gasteiger partial charge in [0.15, 0.2) is 0 Å². The molecule has 0 amide bonds. The molecule has 1 aromatic heterocycles. The van der Waals surface area contributed by atoms with Gasteiger partial charge in [-0.2, -0.15) is 0 Å². The van der Waals surface area contributed by atoms with E-state index in [0.29, 0.717) is 17.7 Å². The molecule has 0 saturated carbocycles. The first kappa shape index (κ1) is 14.7. The zero-order valence-electron chi connectivity index (χ0n) is 11.1. The van der Waals surface area contributed by atoms with Crippen LogP contribution in [-0.4, -0.2) is 40.0 Å². The van der Waals surface area contributed by atoms with Gasteiger partial charge in [-0.3, -0.25) is 0 Å². The molecule has 1 aliphatic heterocycles. The summed E-state index contributed by atoms with van der Waals surface area (Å²) in [6.45, 7) is 3.71. The molecule has 1 unspecified atom stereocenters. The van der Waals surface area contributed by atoms with Gasteiger partial charge in [0.1, 0.15) is 0 Å². The van der Waals surface area contributed by atoms with Crippen molar-refractivity contribution in [3.8, 4) is 0 Å². The van der Waals surface area contributed by atoms with Gasteiger partial charge in [0.05, 0.1) is 24.0 Å². The van der Waals surface area contributed by atoms with E-state index in [1.807, 2.05) is 0 Å². The summed E-state index contributed by atoms with van der Waals surface area (Å²) in [7, 11) is -3.55. The molecule has 1 N–H and O–H groups in total. The summed E-state index contributed by atoms with van der Waals surface area (Å²) in [5.41, 5.74) is 1.14. The number of aromatic nitrogens is 2. The number of rotatable bonds is 4. The highest BCUT2D eigenvalue weighted by molar-refractivity contribution is 7.91. The molecule has 2 rings (SSSR count). The predicted molar refractivity (Wildman–Crippen MR) is 67.3 cm³/mol. The Kier molecular flexibility index (Phi) is 3.91. The fourth-order valence-corrected chi connectivity index (χ4v) is 3.05.